The van der Waals surface area contributed by atoms with E-state index in [1.807, 2.05) is 0 Å². The number of nitrogens with one attached hydrogen (secondary N) is 1. The van der Waals surface area contributed by atoms with Crippen LogP contribution in [0.15, 0.2) is 23.4 Å². The van der Waals surface area contributed by atoms with Crippen molar-refractivity contribution in [3.05, 3.63) is 34.6 Å². The van der Waals surface area contributed by atoms with Gasteiger partial charge in [0.05, 0.1) is 21.8 Å². The Morgan fingerprint density at radius 2 is 2.18 bits per heavy atom. The van der Waals surface area contributed by atoms with Crippen LogP contribution in [0, 0.1) is 5.92 Å². The van der Waals surface area contributed by atoms with Gasteiger partial charge in [-0.1, -0.05) is 18.5 Å². The molecule has 0 spiro atoms. The maximum Gasteiger partial charge on any atom is 0.289 e. The standard InChI is InChI=1S/C14H13ClF2N4O/c1-7-5-10(22)18-19-12(7)11-9-4-3-8(15)6-21(9)20-13(11)14(2,16)17/h3-4,6-7H,5H2,1-2H3,(H,18,22). The summed E-state index contributed by atoms with van der Waals surface area (Å²) in [6.07, 6.45) is 1.65. The number of pyridine rings is 1. The predicted molar refractivity (Wildman–Crippen MR) is 78.2 cm³/mol. The molecule has 0 aliphatic carbocycles. The fraction of sp³-hybridized carbons (Fsp3) is 0.357. The summed E-state index contributed by atoms with van der Waals surface area (Å²) in [4.78, 5) is 11.4. The molecule has 1 atom stereocenters. The number of rotatable bonds is 2. The first kappa shape index (κ1) is 14.9. The number of carbonyl (C=O) groups is 1. The maximum atomic E-state index is 14.0. The van der Waals surface area contributed by atoms with E-state index in [9.17, 15) is 13.6 Å². The van der Waals surface area contributed by atoms with E-state index in [1.54, 1.807) is 19.1 Å². The van der Waals surface area contributed by atoms with Crippen LogP contribution in [0.2, 0.25) is 5.02 Å². The van der Waals surface area contributed by atoms with Crippen LogP contribution in [-0.4, -0.2) is 21.2 Å². The molecule has 1 N–H and O–H groups in total. The molecule has 2 aromatic rings. The number of amides is 1. The second kappa shape index (κ2) is 5.01. The topological polar surface area (TPSA) is 58.8 Å². The number of alkyl halides is 2. The van der Waals surface area contributed by atoms with E-state index in [-0.39, 0.29) is 29.5 Å². The van der Waals surface area contributed by atoms with E-state index in [1.165, 1.54) is 10.7 Å². The Bertz CT molecular complexity index is 794. The lowest BCUT2D eigenvalue weighted by Crippen LogP contribution is -2.33. The lowest BCUT2D eigenvalue weighted by atomic mass is 9.92. The van der Waals surface area contributed by atoms with Crippen molar-refractivity contribution in [2.45, 2.75) is 26.2 Å². The highest BCUT2D eigenvalue weighted by Crippen LogP contribution is 2.34. The van der Waals surface area contributed by atoms with E-state index in [2.05, 4.69) is 15.6 Å². The fourth-order valence-corrected chi connectivity index (χ4v) is 2.69. The van der Waals surface area contributed by atoms with Gasteiger partial charge in [0.1, 0.15) is 5.69 Å². The van der Waals surface area contributed by atoms with E-state index >= 15 is 0 Å². The Morgan fingerprint density at radius 1 is 1.45 bits per heavy atom. The second-order valence-corrected chi connectivity index (χ2v) is 5.86. The van der Waals surface area contributed by atoms with E-state index < -0.39 is 5.92 Å². The Morgan fingerprint density at radius 3 is 2.82 bits per heavy atom. The molecule has 22 heavy (non-hydrogen) atoms. The second-order valence-electron chi connectivity index (χ2n) is 5.43. The van der Waals surface area contributed by atoms with Gasteiger partial charge in [-0.2, -0.15) is 19.0 Å². The molecule has 3 rings (SSSR count). The highest BCUT2D eigenvalue weighted by molar-refractivity contribution is 6.30. The Balaban J connectivity index is 2.29. The number of hydrogen-bond acceptors (Lipinski definition) is 3. The smallest absolute Gasteiger partial charge is 0.273 e. The molecule has 0 saturated carbocycles. The number of hydrogen-bond donors (Lipinski definition) is 1. The number of nitrogens with zero attached hydrogens (tertiary/aromatic N) is 3. The monoisotopic (exact) mass is 326 g/mol. The van der Waals surface area contributed by atoms with Crippen LogP contribution in [0.25, 0.3) is 5.52 Å². The van der Waals surface area contributed by atoms with E-state index in [0.29, 0.717) is 16.3 Å². The molecule has 0 aromatic carbocycles. The summed E-state index contributed by atoms with van der Waals surface area (Å²) in [6.45, 7) is 2.56. The third-order valence-corrected chi connectivity index (χ3v) is 3.75. The highest BCUT2D eigenvalue weighted by atomic mass is 35.5. The zero-order valence-corrected chi connectivity index (χ0v) is 12.7. The maximum absolute atomic E-state index is 14.0. The minimum atomic E-state index is -3.14. The van der Waals surface area contributed by atoms with Gasteiger partial charge in [-0.25, -0.2) is 9.94 Å². The van der Waals surface area contributed by atoms with Crippen LogP contribution in [0.5, 0.6) is 0 Å². The summed E-state index contributed by atoms with van der Waals surface area (Å²) in [5.74, 6) is -3.66. The molecular formula is C14H13ClF2N4O. The Kier molecular flexibility index (Phi) is 3.40. The van der Waals surface area contributed by atoms with Gasteiger partial charge in [0, 0.05) is 25.5 Å². The number of aromatic nitrogens is 2. The molecule has 0 saturated heterocycles. The molecule has 1 unspecified atom stereocenters. The van der Waals surface area contributed by atoms with Crippen molar-refractivity contribution < 1.29 is 13.6 Å². The predicted octanol–water partition coefficient (Wildman–Crippen LogP) is 2.96. The first-order valence-corrected chi connectivity index (χ1v) is 7.08. The Hall–Kier alpha value is -2.02. The first-order valence-electron chi connectivity index (χ1n) is 6.70. The van der Waals surface area contributed by atoms with Gasteiger partial charge in [0.2, 0.25) is 5.91 Å². The quantitative estimate of drug-likeness (QED) is 0.922. The van der Waals surface area contributed by atoms with Gasteiger partial charge in [-0.05, 0) is 12.1 Å². The van der Waals surface area contributed by atoms with Crippen molar-refractivity contribution >= 4 is 28.7 Å². The average molecular weight is 327 g/mol. The van der Waals surface area contributed by atoms with Crippen molar-refractivity contribution in [1.29, 1.82) is 0 Å². The van der Waals surface area contributed by atoms with Gasteiger partial charge >= 0.3 is 0 Å². The number of halogens is 3. The number of fused-ring (bicyclic) bond motifs is 1. The van der Waals surface area contributed by atoms with Crippen LogP contribution in [0.3, 0.4) is 0 Å². The summed E-state index contributed by atoms with van der Waals surface area (Å²) >= 11 is 5.89. The largest absolute Gasteiger partial charge is 0.289 e. The van der Waals surface area contributed by atoms with Crippen LogP contribution < -0.4 is 5.43 Å². The summed E-state index contributed by atoms with van der Waals surface area (Å²) in [7, 11) is 0. The van der Waals surface area contributed by atoms with Crippen molar-refractivity contribution in [2.24, 2.45) is 11.0 Å². The summed E-state index contributed by atoms with van der Waals surface area (Å²) in [5.41, 5.74) is 3.09. The minimum Gasteiger partial charge on any atom is -0.273 e. The zero-order valence-electron chi connectivity index (χ0n) is 11.9. The van der Waals surface area contributed by atoms with Crippen molar-refractivity contribution in [1.82, 2.24) is 15.0 Å². The highest BCUT2D eigenvalue weighted by Gasteiger charge is 2.37. The number of carbonyl (C=O) groups excluding carboxylic acids is 1. The fourth-order valence-electron chi connectivity index (χ4n) is 2.54. The molecule has 1 amide bonds. The Labute approximate surface area is 129 Å². The van der Waals surface area contributed by atoms with Crippen molar-refractivity contribution in [3.8, 4) is 0 Å². The van der Waals surface area contributed by atoms with Gasteiger partial charge in [0.15, 0.2) is 0 Å². The third kappa shape index (κ3) is 2.45. The van der Waals surface area contributed by atoms with Crippen molar-refractivity contribution in [3.63, 3.8) is 0 Å². The zero-order chi connectivity index (χ0) is 16.1. The van der Waals surface area contributed by atoms with Gasteiger partial charge in [-0.3, -0.25) is 4.79 Å². The lowest BCUT2D eigenvalue weighted by Gasteiger charge is -2.20. The van der Waals surface area contributed by atoms with E-state index in [0.717, 1.165) is 6.92 Å². The van der Waals surface area contributed by atoms with Crippen LogP contribution in [0.1, 0.15) is 31.5 Å². The van der Waals surface area contributed by atoms with Gasteiger partial charge in [-0.15, -0.1) is 0 Å². The van der Waals surface area contributed by atoms with Gasteiger partial charge in [0.25, 0.3) is 5.92 Å². The average Bonchev–Trinajstić information content (AvgIpc) is 2.77. The SMILES string of the molecule is CC1CC(=O)NN=C1c1c(C(C)(F)F)nn2cc(Cl)ccc12. The van der Waals surface area contributed by atoms with E-state index in [4.69, 9.17) is 11.6 Å². The molecule has 2 aromatic heterocycles. The lowest BCUT2D eigenvalue weighted by molar-refractivity contribution is -0.121. The summed E-state index contributed by atoms with van der Waals surface area (Å²) in [5, 5.41) is 8.33. The normalized spacial score (nSPS) is 19.2. The molecule has 1 aliphatic heterocycles. The molecule has 0 fully saturated rings. The van der Waals surface area contributed by atoms with Crippen LogP contribution in [-0.2, 0) is 10.7 Å². The van der Waals surface area contributed by atoms with Gasteiger partial charge < -0.3 is 0 Å². The van der Waals surface area contributed by atoms with Crippen LogP contribution >= 0.6 is 11.6 Å². The summed E-state index contributed by atoms with van der Waals surface area (Å²) in [6, 6.07) is 3.22. The molecular weight excluding hydrogens is 314 g/mol. The summed E-state index contributed by atoms with van der Waals surface area (Å²) < 4.78 is 29.2. The molecule has 116 valence electrons. The van der Waals surface area contributed by atoms with Crippen molar-refractivity contribution in [2.75, 3.05) is 0 Å². The van der Waals surface area contributed by atoms with Crippen LogP contribution in [0.4, 0.5) is 8.78 Å². The molecule has 3 heterocycles. The minimum absolute atomic E-state index is 0.193. The molecule has 1 aliphatic rings. The first-order chi connectivity index (χ1) is 10.3. The molecule has 8 heteroatoms. The number of hydrazone groups is 1. The molecule has 0 radical (unpaired) electrons. The molecule has 0 bridgehead atoms. The molecule has 5 nitrogen and oxygen atoms in total. The third-order valence-electron chi connectivity index (χ3n) is 3.52.